The van der Waals surface area contributed by atoms with Gasteiger partial charge in [0.1, 0.15) is 12.4 Å². The molecule has 1 aromatic carbocycles. The number of rotatable bonds is 6. The Hall–Kier alpha value is -2.74. The molecule has 4 heterocycles. The molecule has 3 N–H and O–H groups in total. The molecular formula is C24H25Cl2N5O2. The highest BCUT2D eigenvalue weighted by Gasteiger charge is 2.29. The Labute approximate surface area is 202 Å². The van der Waals surface area contributed by atoms with Gasteiger partial charge in [0.25, 0.3) is 5.91 Å². The minimum Gasteiger partial charge on any atom is -0.490 e. The zero-order valence-corrected chi connectivity index (χ0v) is 19.8. The molecule has 3 aromatic rings. The predicted octanol–water partition coefficient (Wildman–Crippen LogP) is 4.89. The minimum absolute atomic E-state index is 0.136. The van der Waals surface area contributed by atoms with Crippen molar-refractivity contribution in [1.82, 2.24) is 20.2 Å². The van der Waals surface area contributed by atoms with Crippen molar-refractivity contribution in [2.75, 3.05) is 32.1 Å². The van der Waals surface area contributed by atoms with Gasteiger partial charge < -0.3 is 25.3 Å². The number of fused-ring (bicyclic) bond motifs is 1. The number of carbonyl (C=O) groups is 1. The van der Waals surface area contributed by atoms with Gasteiger partial charge in [0.15, 0.2) is 0 Å². The van der Waals surface area contributed by atoms with E-state index in [4.69, 9.17) is 27.9 Å². The molecule has 1 saturated heterocycles. The summed E-state index contributed by atoms with van der Waals surface area (Å²) in [6, 6.07) is 7.65. The molecule has 9 heteroatoms. The maximum absolute atomic E-state index is 12.8. The van der Waals surface area contributed by atoms with Gasteiger partial charge in [-0.3, -0.25) is 9.78 Å². The summed E-state index contributed by atoms with van der Waals surface area (Å²) in [7, 11) is 2.12. The lowest BCUT2D eigenvalue weighted by atomic mass is 10.0. The van der Waals surface area contributed by atoms with Crippen LogP contribution in [0.4, 0.5) is 11.4 Å². The first kappa shape index (κ1) is 22.1. The zero-order chi connectivity index (χ0) is 22.9. The van der Waals surface area contributed by atoms with Crippen LogP contribution >= 0.6 is 23.2 Å². The van der Waals surface area contributed by atoms with E-state index in [0.717, 1.165) is 29.9 Å². The SMILES string of the molecule is CN1CCC[C@H]1COc1cnccc1-c1[nH]c2c(c1Nc1cccc(Cl)c1Cl)C(=O)NCC2. The van der Waals surface area contributed by atoms with E-state index in [1.165, 1.54) is 6.42 Å². The molecule has 33 heavy (non-hydrogen) atoms. The molecule has 0 spiro atoms. The van der Waals surface area contributed by atoms with Crippen LogP contribution in [0.25, 0.3) is 11.3 Å². The molecule has 0 radical (unpaired) electrons. The number of nitrogens with zero attached hydrogens (tertiary/aromatic N) is 2. The Morgan fingerprint density at radius 3 is 3.00 bits per heavy atom. The third-order valence-electron chi connectivity index (χ3n) is 6.33. The molecule has 0 aliphatic carbocycles. The Morgan fingerprint density at radius 1 is 1.30 bits per heavy atom. The maximum atomic E-state index is 12.8. The van der Waals surface area contributed by atoms with Crippen molar-refractivity contribution >= 4 is 40.5 Å². The molecule has 2 aliphatic heterocycles. The summed E-state index contributed by atoms with van der Waals surface area (Å²) in [4.78, 5) is 22.9. The van der Waals surface area contributed by atoms with Crippen LogP contribution in [-0.4, -0.2) is 53.6 Å². The summed E-state index contributed by atoms with van der Waals surface area (Å²) in [5, 5.41) is 7.12. The van der Waals surface area contributed by atoms with Crippen LogP contribution in [0.15, 0.2) is 36.7 Å². The number of carbonyl (C=O) groups excluding carboxylic acids is 1. The summed E-state index contributed by atoms with van der Waals surface area (Å²) >= 11 is 12.7. The third kappa shape index (κ3) is 4.28. The summed E-state index contributed by atoms with van der Waals surface area (Å²) in [6.45, 7) is 2.25. The monoisotopic (exact) mass is 485 g/mol. The lowest BCUT2D eigenvalue weighted by Crippen LogP contribution is -2.31. The molecule has 2 aromatic heterocycles. The normalized spacial score (nSPS) is 18.2. The first-order valence-electron chi connectivity index (χ1n) is 11.0. The number of benzene rings is 1. The van der Waals surface area contributed by atoms with Crippen molar-refractivity contribution in [2.24, 2.45) is 0 Å². The Kier molecular flexibility index (Phi) is 6.19. The van der Waals surface area contributed by atoms with Crippen molar-refractivity contribution in [2.45, 2.75) is 25.3 Å². The second-order valence-corrected chi connectivity index (χ2v) is 9.21. The van der Waals surface area contributed by atoms with Crippen LogP contribution in [0.3, 0.4) is 0 Å². The Balaban J connectivity index is 1.56. The van der Waals surface area contributed by atoms with Gasteiger partial charge >= 0.3 is 0 Å². The van der Waals surface area contributed by atoms with Gasteiger partial charge in [-0.15, -0.1) is 0 Å². The fraction of sp³-hybridized carbons (Fsp3) is 0.333. The van der Waals surface area contributed by atoms with Crippen molar-refractivity contribution in [1.29, 1.82) is 0 Å². The van der Waals surface area contributed by atoms with Gasteiger partial charge in [-0.25, -0.2) is 0 Å². The topological polar surface area (TPSA) is 82.3 Å². The average Bonchev–Trinajstić information content (AvgIpc) is 3.39. The number of hydrogen-bond acceptors (Lipinski definition) is 5. The van der Waals surface area contributed by atoms with Crippen LogP contribution < -0.4 is 15.4 Å². The molecular weight excluding hydrogens is 461 g/mol. The highest BCUT2D eigenvalue weighted by molar-refractivity contribution is 6.43. The molecule has 1 atom stereocenters. The molecule has 5 rings (SSSR count). The minimum atomic E-state index is -0.136. The van der Waals surface area contributed by atoms with Gasteiger partial charge in [-0.2, -0.15) is 0 Å². The second-order valence-electron chi connectivity index (χ2n) is 8.42. The number of likely N-dealkylation sites (tertiary alicyclic amines) is 1. The predicted molar refractivity (Wildman–Crippen MR) is 131 cm³/mol. The van der Waals surface area contributed by atoms with Crippen LogP contribution in [0, 0.1) is 0 Å². The lowest BCUT2D eigenvalue weighted by Gasteiger charge is -2.21. The Morgan fingerprint density at radius 2 is 2.18 bits per heavy atom. The maximum Gasteiger partial charge on any atom is 0.255 e. The number of likely N-dealkylation sites (N-methyl/N-ethyl adjacent to an activating group) is 1. The van der Waals surface area contributed by atoms with Gasteiger partial charge in [0, 0.05) is 36.5 Å². The summed E-state index contributed by atoms with van der Waals surface area (Å²) in [5.74, 6) is 0.528. The van der Waals surface area contributed by atoms with Gasteiger partial charge in [0.2, 0.25) is 0 Å². The molecule has 1 amide bonds. The largest absolute Gasteiger partial charge is 0.490 e. The number of pyridine rings is 1. The quantitative estimate of drug-likeness (QED) is 0.463. The number of ether oxygens (including phenoxy) is 1. The number of hydrogen-bond donors (Lipinski definition) is 3. The fourth-order valence-corrected chi connectivity index (χ4v) is 4.87. The van der Waals surface area contributed by atoms with Crippen LogP contribution in [0.2, 0.25) is 10.0 Å². The van der Waals surface area contributed by atoms with Crippen LogP contribution in [0.5, 0.6) is 5.75 Å². The smallest absolute Gasteiger partial charge is 0.255 e. The molecule has 0 saturated carbocycles. The lowest BCUT2D eigenvalue weighted by molar-refractivity contribution is 0.0947. The van der Waals surface area contributed by atoms with Gasteiger partial charge in [-0.05, 0) is 44.6 Å². The number of H-pyrrole nitrogens is 1. The van der Waals surface area contributed by atoms with Crippen molar-refractivity contribution in [3.05, 3.63) is 58.0 Å². The Bertz CT molecular complexity index is 1200. The van der Waals surface area contributed by atoms with Crippen LogP contribution in [-0.2, 0) is 6.42 Å². The van der Waals surface area contributed by atoms with E-state index in [9.17, 15) is 4.79 Å². The number of aromatic amines is 1. The molecule has 2 aliphatic rings. The third-order valence-corrected chi connectivity index (χ3v) is 7.15. The summed E-state index contributed by atoms with van der Waals surface area (Å²) in [6.07, 6.45) is 6.44. The average molecular weight is 486 g/mol. The van der Waals surface area contributed by atoms with E-state index in [2.05, 4.69) is 32.5 Å². The molecule has 7 nitrogen and oxygen atoms in total. The number of amides is 1. The van der Waals surface area contributed by atoms with E-state index in [0.29, 0.717) is 58.3 Å². The van der Waals surface area contributed by atoms with E-state index in [1.54, 1.807) is 18.5 Å². The zero-order valence-electron chi connectivity index (χ0n) is 18.3. The number of aromatic nitrogens is 2. The number of halogens is 2. The molecule has 1 fully saturated rings. The fourth-order valence-electron chi connectivity index (χ4n) is 4.52. The van der Waals surface area contributed by atoms with Crippen LogP contribution in [0.1, 0.15) is 28.9 Å². The van der Waals surface area contributed by atoms with Gasteiger partial charge in [-0.1, -0.05) is 29.3 Å². The standard InChI is InChI=1S/C24H25Cl2N5O2/c1-31-11-3-4-14(31)13-33-19-12-27-9-7-15(19)22-23(20-17(29-22)8-10-28-24(20)32)30-18-6-2-5-16(25)21(18)26/h2,5-7,9,12,14,29-30H,3-4,8,10-11,13H2,1H3,(H,28,32)/t14-/m0/s1. The van der Waals surface area contributed by atoms with Crippen molar-refractivity contribution in [3.63, 3.8) is 0 Å². The van der Waals surface area contributed by atoms with E-state index in [1.807, 2.05) is 18.2 Å². The van der Waals surface area contributed by atoms with Crippen molar-refractivity contribution in [3.8, 4) is 17.0 Å². The van der Waals surface area contributed by atoms with E-state index in [-0.39, 0.29) is 5.91 Å². The van der Waals surface area contributed by atoms with Gasteiger partial charge in [0.05, 0.1) is 38.9 Å². The first-order valence-corrected chi connectivity index (χ1v) is 11.8. The van der Waals surface area contributed by atoms with E-state index >= 15 is 0 Å². The first-order chi connectivity index (χ1) is 16.0. The van der Waals surface area contributed by atoms with Crippen molar-refractivity contribution < 1.29 is 9.53 Å². The number of anilines is 2. The molecule has 0 unspecified atom stereocenters. The summed E-state index contributed by atoms with van der Waals surface area (Å²) in [5.41, 5.74) is 4.28. The highest BCUT2D eigenvalue weighted by atomic mass is 35.5. The molecule has 0 bridgehead atoms. The second kappa shape index (κ2) is 9.25. The number of nitrogens with one attached hydrogen (secondary N) is 3. The highest BCUT2D eigenvalue weighted by Crippen LogP contribution is 2.42. The van der Waals surface area contributed by atoms with E-state index < -0.39 is 0 Å². The molecule has 172 valence electrons. The summed E-state index contributed by atoms with van der Waals surface area (Å²) < 4.78 is 6.25.